The molecular weight excluding hydrogens is 270 g/mol. The first-order chi connectivity index (χ1) is 10.2. The summed E-state index contributed by atoms with van der Waals surface area (Å²) in [5, 5.41) is 8.99. The molecule has 0 aromatic carbocycles. The quantitative estimate of drug-likeness (QED) is 0.774. The van der Waals surface area contributed by atoms with E-state index in [0.717, 1.165) is 32.2 Å². The molecule has 1 aliphatic heterocycles. The lowest BCUT2D eigenvalue weighted by Gasteiger charge is -2.27. The molecule has 0 bridgehead atoms. The number of aliphatic hydroxyl groups excluding tert-OH is 1. The van der Waals surface area contributed by atoms with E-state index in [1.165, 1.54) is 0 Å². The molecule has 1 unspecified atom stereocenters. The lowest BCUT2D eigenvalue weighted by Crippen LogP contribution is -2.31. The summed E-state index contributed by atoms with van der Waals surface area (Å²) in [4.78, 5) is 18.4. The molecule has 2 heterocycles. The molecule has 1 aromatic rings. The summed E-state index contributed by atoms with van der Waals surface area (Å²) in [5.41, 5.74) is 6.88. The number of nitrogen functional groups attached to an aromatic ring is 1. The van der Waals surface area contributed by atoms with Crippen molar-refractivity contribution in [2.45, 2.75) is 38.6 Å². The van der Waals surface area contributed by atoms with Crippen LogP contribution in [0.1, 0.15) is 43.0 Å². The number of anilines is 2. The zero-order chi connectivity index (χ0) is 15.2. The predicted octanol–water partition coefficient (Wildman–Crippen LogP) is 1.58. The van der Waals surface area contributed by atoms with Gasteiger partial charge < -0.3 is 20.5 Å². The van der Waals surface area contributed by atoms with Crippen molar-refractivity contribution in [3.05, 3.63) is 17.8 Å². The Morgan fingerprint density at radius 2 is 2.43 bits per heavy atom. The lowest BCUT2D eigenvalue weighted by atomic mass is 10.1. The van der Waals surface area contributed by atoms with Crippen LogP contribution < -0.4 is 10.6 Å². The maximum absolute atomic E-state index is 11.9. The maximum Gasteiger partial charge on any atom is 0.340 e. The van der Waals surface area contributed by atoms with Crippen LogP contribution in [0.2, 0.25) is 0 Å². The van der Waals surface area contributed by atoms with Gasteiger partial charge in [-0.05, 0) is 38.7 Å². The van der Waals surface area contributed by atoms with E-state index in [1.54, 1.807) is 19.2 Å². The minimum Gasteiger partial charge on any atom is -0.462 e. The van der Waals surface area contributed by atoms with Gasteiger partial charge in [-0.15, -0.1) is 0 Å². The van der Waals surface area contributed by atoms with Gasteiger partial charge in [-0.1, -0.05) is 0 Å². The molecular formula is C15H23N3O3. The lowest BCUT2D eigenvalue weighted by molar-refractivity contribution is 0.0527. The average Bonchev–Trinajstić information content (AvgIpc) is 2.93. The molecule has 21 heavy (non-hydrogen) atoms. The Balaban J connectivity index is 2.23. The number of aliphatic hydroxyl groups is 1. The van der Waals surface area contributed by atoms with Crippen LogP contribution in [0.4, 0.5) is 11.5 Å². The van der Waals surface area contributed by atoms with E-state index in [-0.39, 0.29) is 6.61 Å². The van der Waals surface area contributed by atoms with Crippen molar-refractivity contribution in [3.63, 3.8) is 0 Å². The predicted molar refractivity (Wildman–Crippen MR) is 81.3 cm³/mol. The standard InChI is InChI=1S/C15H23N3O3/c1-2-21-15(20)12-7-8-17-14(13(12)16)18-9-3-5-11(18)6-4-10-19/h7-8,11,19H,2-6,9-10,16H2,1H3. The molecule has 0 spiro atoms. The second-order valence-electron chi connectivity index (χ2n) is 5.17. The molecule has 0 amide bonds. The molecule has 3 N–H and O–H groups in total. The van der Waals surface area contributed by atoms with Crippen LogP contribution in [0.25, 0.3) is 0 Å². The molecule has 1 aliphatic rings. The number of carbonyl (C=O) groups excluding carboxylic acids is 1. The van der Waals surface area contributed by atoms with Gasteiger partial charge in [0, 0.05) is 25.4 Å². The highest BCUT2D eigenvalue weighted by molar-refractivity contribution is 5.97. The fourth-order valence-corrected chi connectivity index (χ4v) is 2.82. The summed E-state index contributed by atoms with van der Waals surface area (Å²) in [6.45, 7) is 3.15. The minimum absolute atomic E-state index is 0.191. The number of aromatic nitrogens is 1. The van der Waals surface area contributed by atoms with Gasteiger partial charge in [0.15, 0.2) is 5.82 Å². The van der Waals surface area contributed by atoms with Crippen molar-refractivity contribution < 1.29 is 14.6 Å². The summed E-state index contributed by atoms with van der Waals surface area (Å²) in [5.74, 6) is 0.241. The van der Waals surface area contributed by atoms with Gasteiger partial charge in [0.2, 0.25) is 0 Å². The Bertz CT molecular complexity index is 493. The first kappa shape index (κ1) is 15.6. The van der Waals surface area contributed by atoms with E-state index in [4.69, 9.17) is 15.6 Å². The largest absolute Gasteiger partial charge is 0.462 e. The second kappa shape index (κ2) is 7.26. The van der Waals surface area contributed by atoms with Gasteiger partial charge >= 0.3 is 5.97 Å². The second-order valence-corrected chi connectivity index (χ2v) is 5.17. The molecule has 6 nitrogen and oxygen atoms in total. The highest BCUT2D eigenvalue weighted by atomic mass is 16.5. The molecule has 0 aliphatic carbocycles. The van der Waals surface area contributed by atoms with Gasteiger partial charge in [-0.2, -0.15) is 0 Å². The van der Waals surface area contributed by atoms with Crippen LogP contribution in [0.3, 0.4) is 0 Å². The molecule has 1 atom stereocenters. The molecule has 0 radical (unpaired) electrons. The maximum atomic E-state index is 11.9. The number of rotatable bonds is 6. The van der Waals surface area contributed by atoms with Crippen molar-refractivity contribution >= 4 is 17.5 Å². The number of carbonyl (C=O) groups is 1. The third-order valence-corrected chi connectivity index (χ3v) is 3.81. The Morgan fingerprint density at radius 1 is 1.62 bits per heavy atom. The first-order valence-corrected chi connectivity index (χ1v) is 7.48. The zero-order valence-electron chi connectivity index (χ0n) is 12.4. The van der Waals surface area contributed by atoms with Gasteiger partial charge in [0.25, 0.3) is 0 Å². The monoisotopic (exact) mass is 293 g/mol. The zero-order valence-corrected chi connectivity index (χ0v) is 12.4. The molecule has 2 rings (SSSR count). The smallest absolute Gasteiger partial charge is 0.340 e. The van der Waals surface area contributed by atoms with Crippen LogP contribution >= 0.6 is 0 Å². The fraction of sp³-hybridized carbons (Fsp3) is 0.600. The summed E-state index contributed by atoms with van der Waals surface area (Å²) < 4.78 is 5.02. The summed E-state index contributed by atoms with van der Waals surface area (Å²) in [7, 11) is 0. The Hall–Kier alpha value is -1.82. The SMILES string of the molecule is CCOC(=O)c1ccnc(N2CCCC2CCCO)c1N. The molecule has 6 heteroatoms. The summed E-state index contributed by atoms with van der Waals surface area (Å²) >= 11 is 0. The van der Waals surface area contributed by atoms with Crippen molar-refractivity contribution in [1.82, 2.24) is 4.98 Å². The van der Waals surface area contributed by atoms with E-state index in [1.807, 2.05) is 0 Å². The van der Waals surface area contributed by atoms with Crippen LogP contribution in [0.15, 0.2) is 12.3 Å². The van der Waals surface area contributed by atoms with Gasteiger partial charge in [-0.25, -0.2) is 9.78 Å². The van der Waals surface area contributed by atoms with E-state index >= 15 is 0 Å². The van der Waals surface area contributed by atoms with Gasteiger partial charge in [0.05, 0.1) is 17.9 Å². The van der Waals surface area contributed by atoms with Crippen molar-refractivity contribution in [2.75, 3.05) is 30.4 Å². The highest BCUT2D eigenvalue weighted by Crippen LogP contribution is 2.32. The summed E-state index contributed by atoms with van der Waals surface area (Å²) in [6.07, 6.45) is 5.39. The number of ether oxygens (including phenoxy) is 1. The average molecular weight is 293 g/mol. The van der Waals surface area contributed by atoms with Crippen LogP contribution in [0.5, 0.6) is 0 Å². The number of nitrogens with two attached hydrogens (primary N) is 1. The Kier molecular flexibility index (Phi) is 5.38. The molecule has 1 saturated heterocycles. The number of esters is 1. The van der Waals surface area contributed by atoms with Gasteiger partial charge in [-0.3, -0.25) is 0 Å². The third-order valence-electron chi connectivity index (χ3n) is 3.81. The molecule has 1 fully saturated rings. The van der Waals surface area contributed by atoms with Crippen molar-refractivity contribution in [3.8, 4) is 0 Å². The highest BCUT2D eigenvalue weighted by Gasteiger charge is 2.28. The Morgan fingerprint density at radius 3 is 3.14 bits per heavy atom. The van der Waals surface area contributed by atoms with Crippen LogP contribution in [0, 0.1) is 0 Å². The number of nitrogens with zero attached hydrogens (tertiary/aromatic N) is 2. The summed E-state index contributed by atoms with van der Waals surface area (Å²) in [6, 6.07) is 1.92. The van der Waals surface area contributed by atoms with E-state index in [9.17, 15) is 4.79 Å². The van der Waals surface area contributed by atoms with Crippen LogP contribution in [-0.2, 0) is 4.74 Å². The normalized spacial score (nSPS) is 18.0. The van der Waals surface area contributed by atoms with E-state index in [2.05, 4.69) is 9.88 Å². The number of hydrogen-bond donors (Lipinski definition) is 2. The minimum atomic E-state index is -0.412. The van der Waals surface area contributed by atoms with Crippen molar-refractivity contribution in [1.29, 1.82) is 0 Å². The molecule has 1 aromatic heterocycles. The number of pyridine rings is 1. The Labute approximate surface area is 124 Å². The fourth-order valence-electron chi connectivity index (χ4n) is 2.82. The number of hydrogen-bond acceptors (Lipinski definition) is 6. The molecule has 116 valence electrons. The van der Waals surface area contributed by atoms with E-state index in [0.29, 0.717) is 29.7 Å². The van der Waals surface area contributed by atoms with Crippen molar-refractivity contribution in [2.24, 2.45) is 0 Å². The molecule has 0 saturated carbocycles. The van der Waals surface area contributed by atoms with Gasteiger partial charge in [0.1, 0.15) is 0 Å². The third kappa shape index (κ3) is 3.44. The van der Waals surface area contributed by atoms with E-state index < -0.39 is 5.97 Å². The van der Waals surface area contributed by atoms with Crippen LogP contribution in [-0.4, -0.2) is 41.9 Å². The topological polar surface area (TPSA) is 88.7 Å². The first-order valence-electron chi connectivity index (χ1n) is 7.48.